The Kier molecular flexibility index (Phi) is 1.89. The van der Waals surface area contributed by atoms with Crippen LogP contribution in [0.25, 0.3) is 0 Å². The van der Waals surface area contributed by atoms with Gasteiger partial charge in [0.25, 0.3) is 0 Å². The van der Waals surface area contributed by atoms with Crippen molar-refractivity contribution in [1.29, 1.82) is 0 Å². The molecule has 0 unspecified atom stereocenters. The quantitative estimate of drug-likeness (QED) is 0.714. The Hall–Kier alpha value is -1.71. The first-order chi connectivity index (χ1) is 6.96. The lowest BCUT2D eigenvalue weighted by Gasteiger charge is -2.15. The molecule has 0 fully saturated rings. The largest absolute Gasteiger partial charge is 0.325 e. The second kappa shape index (κ2) is 2.89. The zero-order chi connectivity index (χ0) is 11.2. The molecule has 15 heavy (non-hydrogen) atoms. The highest BCUT2D eigenvalue weighted by molar-refractivity contribution is 6.06. The fourth-order valence-electron chi connectivity index (χ4n) is 1.70. The molecular formula is C11H10FNO2. The minimum atomic E-state index is -0.708. The zero-order valence-corrected chi connectivity index (χ0v) is 8.43. The molecule has 1 aliphatic rings. The molecule has 78 valence electrons. The average molecular weight is 207 g/mol. The number of carbonyl (C=O) groups excluding carboxylic acids is 2. The monoisotopic (exact) mass is 207 g/mol. The Labute approximate surface area is 86.3 Å². The van der Waals surface area contributed by atoms with Crippen LogP contribution in [0.3, 0.4) is 0 Å². The first-order valence-electron chi connectivity index (χ1n) is 4.57. The molecule has 0 saturated carbocycles. The summed E-state index contributed by atoms with van der Waals surface area (Å²) >= 11 is 0. The van der Waals surface area contributed by atoms with Crippen LogP contribution in [0.5, 0.6) is 0 Å². The Bertz CT molecular complexity index is 466. The highest BCUT2D eigenvalue weighted by Gasteiger charge is 2.38. The van der Waals surface area contributed by atoms with Crippen molar-refractivity contribution in [2.24, 2.45) is 0 Å². The Morgan fingerprint density at radius 1 is 1.40 bits per heavy atom. The van der Waals surface area contributed by atoms with Crippen LogP contribution >= 0.6 is 0 Å². The van der Waals surface area contributed by atoms with Crippen molar-refractivity contribution in [1.82, 2.24) is 0 Å². The molecular weight excluding hydrogens is 197 g/mol. The van der Waals surface area contributed by atoms with Crippen molar-refractivity contribution in [3.8, 4) is 0 Å². The summed E-state index contributed by atoms with van der Waals surface area (Å²) in [4.78, 5) is 22.1. The van der Waals surface area contributed by atoms with Crippen LogP contribution in [0.15, 0.2) is 12.1 Å². The van der Waals surface area contributed by atoms with Crippen LogP contribution in [-0.4, -0.2) is 12.2 Å². The molecule has 1 aromatic rings. The van der Waals surface area contributed by atoms with Crippen LogP contribution < -0.4 is 5.32 Å². The highest BCUT2D eigenvalue weighted by atomic mass is 19.1. The summed E-state index contributed by atoms with van der Waals surface area (Å²) in [7, 11) is 0. The fraction of sp³-hybridized carbons (Fsp3) is 0.273. The first-order valence-corrected chi connectivity index (χ1v) is 4.57. The van der Waals surface area contributed by atoms with Gasteiger partial charge in [-0.05, 0) is 31.5 Å². The smallest absolute Gasteiger partial charge is 0.234 e. The van der Waals surface area contributed by atoms with Crippen molar-refractivity contribution in [3.63, 3.8) is 0 Å². The molecule has 1 aromatic carbocycles. The Morgan fingerprint density at radius 2 is 2.07 bits per heavy atom. The number of aldehydes is 1. The number of benzene rings is 1. The van der Waals surface area contributed by atoms with Crippen LogP contribution in [0.1, 0.15) is 29.8 Å². The molecule has 0 radical (unpaired) electrons. The maximum atomic E-state index is 13.2. The second-order valence-corrected chi connectivity index (χ2v) is 4.12. The van der Waals surface area contributed by atoms with Gasteiger partial charge in [-0.15, -0.1) is 0 Å². The predicted octanol–water partition coefficient (Wildman–Crippen LogP) is 1.87. The van der Waals surface area contributed by atoms with E-state index >= 15 is 0 Å². The van der Waals surface area contributed by atoms with Gasteiger partial charge >= 0.3 is 0 Å². The van der Waals surface area contributed by atoms with E-state index in [4.69, 9.17) is 0 Å². The molecule has 0 aromatic heterocycles. The molecule has 1 N–H and O–H groups in total. The number of hydrogen-bond donors (Lipinski definition) is 1. The highest BCUT2D eigenvalue weighted by Crippen LogP contribution is 2.38. The lowest BCUT2D eigenvalue weighted by atomic mass is 9.85. The molecule has 1 amide bonds. The third-order valence-electron chi connectivity index (χ3n) is 2.75. The maximum absolute atomic E-state index is 13.2. The van der Waals surface area contributed by atoms with E-state index in [1.807, 2.05) is 0 Å². The first kappa shape index (κ1) is 9.83. The summed E-state index contributed by atoms with van der Waals surface area (Å²) < 4.78 is 13.2. The number of fused-ring (bicyclic) bond motifs is 1. The summed E-state index contributed by atoms with van der Waals surface area (Å²) in [6, 6.07) is 2.61. The van der Waals surface area contributed by atoms with Crippen molar-refractivity contribution in [2.45, 2.75) is 19.3 Å². The van der Waals surface area contributed by atoms with Crippen LogP contribution in [0.2, 0.25) is 0 Å². The lowest BCUT2D eigenvalue weighted by Crippen LogP contribution is -2.26. The molecule has 0 spiro atoms. The minimum absolute atomic E-state index is 0.0154. The van der Waals surface area contributed by atoms with Crippen molar-refractivity contribution < 1.29 is 14.0 Å². The van der Waals surface area contributed by atoms with Gasteiger partial charge in [-0.3, -0.25) is 9.59 Å². The van der Waals surface area contributed by atoms with E-state index in [9.17, 15) is 14.0 Å². The Morgan fingerprint density at radius 3 is 2.67 bits per heavy atom. The average Bonchev–Trinajstić information content (AvgIpc) is 2.37. The van der Waals surface area contributed by atoms with Crippen LogP contribution in [-0.2, 0) is 10.2 Å². The van der Waals surface area contributed by atoms with E-state index in [1.54, 1.807) is 13.8 Å². The number of nitrogens with one attached hydrogen (secondary N) is 1. The predicted molar refractivity (Wildman–Crippen MR) is 53.4 cm³/mol. The van der Waals surface area contributed by atoms with Gasteiger partial charge in [0.05, 0.1) is 11.0 Å². The van der Waals surface area contributed by atoms with E-state index in [0.29, 0.717) is 17.5 Å². The zero-order valence-electron chi connectivity index (χ0n) is 8.43. The number of rotatable bonds is 1. The molecule has 0 saturated heterocycles. The number of amides is 1. The molecule has 1 heterocycles. The second-order valence-electron chi connectivity index (χ2n) is 4.12. The van der Waals surface area contributed by atoms with Crippen molar-refractivity contribution in [2.75, 3.05) is 5.32 Å². The lowest BCUT2D eigenvalue weighted by molar-refractivity contribution is -0.119. The molecule has 0 aliphatic carbocycles. The standard InChI is InChI=1S/C11H10FNO2/c1-11(2)7-3-6(5-14)8(12)4-9(7)13-10(11)15/h3-5H,1-2H3,(H,13,15). The molecule has 4 heteroatoms. The molecule has 0 bridgehead atoms. The SMILES string of the molecule is CC1(C)C(=O)Nc2cc(F)c(C=O)cc21. The number of anilines is 1. The van der Waals surface area contributed by atoms with Gasteiger partial charge in [0.15, 0.2) is 6.29 Å². The summed E-state index contributed by atoms with van der Waals surface area (Å²) in [6.07, 6.45) is 0.453. The molecule has 1 aliphatic heterocycles. The third-order valence-corrected chi connectivity index (χ3v) is 2.75. The van der Waals surface area contributed by atoms with Crippen molar-refractivity contribution >= 4 is 17.9 Å². The van der Waals surface area contributed by atoms with Gasteiger partial charge in [-0.2, -0.15) is 0 Å². The van der Waals surface area contributed by atoms with Gasteiger partial charge in [0.1, 0.15) is 5.82 Å². The van der Waals surface area contributed by atoms with Gasteiger partial charge < -0.3 is 5.32 Å². The summed E-state index contributed by atoms with van der Waals surface area (Å²) in [5.41, 5.74) is 0.392. The molecule has 2 rings (SSSR count). The Balaban J connectivity index is 2.67. The molecule has 3 nitrogen and oxygen atoms in total. The summed E-state index contributed by atoms with van der Waals surface area (Å²) in [5, 5.41) is 2.58. The number of hydrogen-bond acceptors (Lipinski definition) is 2. The van der Waals surface area contributed by atoms with E-state index in [2.05, 4.69) is 5.32 Å². The topological polar surface area (TPSA) is 46.2 Å². The minimum Gasteiger partial charge on any atom is -0.325 e. The van der Waals surface area contributed by atoms with Gasteiger partial charge in [0.2, 0.25) is 5.91 Å². The number of halogens is 1. The van der Waals surface area contributed by atoms with E-state index in [1.165, 1.54) is 12.1 Å². The van der Waals surface area contributed by atoms with Crippen molar-refractivity contribution in [3.05, 3.63) is 29.1 Å². The summed E-state index contributed by atoms with van der Waals surface area (Å²) in [5.74, 6) is -0.790. The summed E-state index contributed by atoms with van der Waals surface area (Å²) in [6.45, 7) is 3.47. The fourth-order valence-corrected chi connectivity index (χ4v) is 1.70. The van der Waals surface area contributed by atoms with E-state index in [0.717, 1.165) is 0 Å². The van der Waals surface area contributed by atoms with Crippen LogP contribution in [0, 0.1) is 5.82 Å². The van der Waals surface area contributed by atoms with Gasteiger partial charge in [-0.1, -0.05) is 0 Å². The molecule has 0 atom stereocenters. The van der Waals surface area contributed by atoms with Gasteiger partial charge in [0, 0.05) is 5.69 Å². The van der Waals surface area contributed by atoms with E-state index in [-0.39, 0.29) is 11.5 Å². The third kappa shape index (κ3) is 1.25. The normalized spacial score (nSPS) is 17.1. The van der Waals surface area contributed by atoms with Crippen LogP contribution in [0.4, 0.5) is 10.1 Å². The van der Waals surface area contributed by atoms with E-state index < -0.39 is 11.2 Å². The maximum Gasteiger partial charge on any atom is 0.234 e. The number of carbonyl (C=O) groups is 2. The van der Waals surface area contributed by atoms with Gasteiger partial charge in [-0.25, -0.2) is 4.39 Å².